The van der Waals surface area contributed by atoms with Gasteiger partial charge in [-0.15, -0.1) is 0 Å². The molecule has 8 heteroatoms. The second-order valence-corrected chi connectivity index (χ2v) is 8.52. The number of rotatable bonds is 3. The molecule has 0 N–H and O–H groups in total. The van der Waals surface area contributed by atoms with E-state index in [-0.39, 0.29) is 17.9 Å². The summed E-state index contributed by atoms with van der Waals surface area (Å²) in [6.07, 6.45) is 4.99. The van der Waals surface area contributed by atoms with Crippen LogP contribution in [0.4, 0.5) is 0 Å². The largest absolute Gasteiger partial charge is 0.440 e. The van der Waals surface area contributed by atoms with Gasteiger partial charge >= 0.3 is 0 Å². The number of carbonyl (C=O) groups is 1. The van der Waals surface area contributed by atoms with Crippen molar-refractivity contribution >= 4 is 28.6 Å². The highest BCUT2D eigenvalue weighted by Crippen LogP contribution is 2.33. The lowest BCUT2D eigenvalue weighted by Gasteiger charge is -2.37. The molecule has 4 aromatic rings. The first kappa shape index (κ1) is 19.8. The highest BCUT2D eigenvalue weighted by atomic mass is 35.5. The van der Waals surface area contributed by atoms with Crippen molar-refractivity contribution in [3.05, 3.63) is 70.8 Å². The van der Waals surface area contributed by atoms with Crippen molar-refractivity contribution in [2.24, 2.45) is 0 Å². The van der Waals surface area contributed by atoms with Crippen molar-refractivity contribution in [3.8, 4) is 5.69 Å². The number of likely N-dealkylation sites (tertiary alicyclic amines) is 1. The van der Waals surface area contributed by atoms with Crippen molar-refractivity contribution in [1.82, 2.24) is 24.9 Å². The highest BCUT2D eigenvalue weighted by molar-refractivity contribution is 6.31. The molecule has 2 unspecified atom stereocenters. The molecule has 1 fully saturated rings. The number of halogens is 1. The van der Waals surface area contributed by atoms with Gasteiger partial charge in [-0.3, -0.25) is 4.79 Å². The van der Waals surface area contributed by atoms with E-state index in [1.807, 2.05) is 36.1 Å². The van der Waals surface area contributed by atoms with Gasteiger partial charge in [-0.1, -0.05) is 23.2 Å². The summed E-state index contributed by atoms with van der Waals surface area (Å²) in [4.78, 5) is 21.7. The third kappa shape index (κ3) is 3.70. The number of oxazole rings is 1. The summed E-state index contributed by atoms with van der Waals surface area (Å²) in [7, 11) is 0. The molecule has 0 spiro atoms. The van der Waals surface area contributed by atoms with Crippen LogP contribution in [0, 0.1) is 6.92 Å². The molecule has 2 atom stereocenters. The molecule has 0 bridgehead atoms. The van der Waals surface area contributed by atoms with Crippen molar-refractivity contribution in [3.63, 3.8) is 0 Å². The van der Waals surface area contributed by atoms with Crippen LogP contribution in [-0.4, -0.2) is 43.4 Å². The van der Waals surface area contributed by atoms with Crippen LogP contribution >= 0.6 is 11.6 Å². The Kier molecular flexibility index (Phi) is 4.98. The maximum absolute atomic E-state index is 13.7. The Labute approximate surface area is 184 Å². The standard InChI is InChI=1S/C23H22ClN5O2/c1-14-3-7-20(29-25-9-10-26-29)18(11-14)23(30)28-13-16(5-4-15(28)2)22-27-19-12-17(24)6-8-21(19)31-22/h3,6-12,15-16H,4-5,13H2,1-2H3. The van der Waals surface area contributed by atoms with Crippen LogP contribution in [0.2, 0.25) is 5.02 Å². The molecule has 3 heterocycles. The lowest BCUT2D eigenvalue weighted by Crippen LogP contribution is -2.45. The van der Waals surface area contributed by atoms with Crippen molar-refractivity contribution in [2.45, 2.75) is 38.6 Å². The van der Waals surface area contributed by atoms with Gasteiger partial charge in [0, 0.05) is 17.6 Å². The summed E-state index contributed by atoms with van der Waals surface area (Å²) < 4.78 is 6.00. The number of aromatic nitrogens is 4. The van der Waals surface area contributed by atoms with Crippen LogP contribution in [-0.2, 0) is 0 Å². The molecule has 0 saturated carbocycles. The van der Waals surface area contributed by atoms with Crippen LogP contribution in [0.3, 0.4) is 0 Å². The van der Waals surface area contributed by atoms with Crippen molar-refractivity contribution in [1.29, 1.82) is 0 Å². The summed E-state index contributed by atoms with van der Waals surface area (Å²) >= 11 is 6.09. The Bertz CT molecular complexity index is 1250. The predicted octanol–water partition coefficient (Wildman–Crippen LogP) is 4.78. The van der Waals surface area contributed by atoms with E-state index >= 15 is 0 Å². The molecule has 31 heavy (non-hydrogen) atoms. The van der Waals surface area contributed by atoms with Crippen LogP contribution in [0.25, 0.3) is 16.8 Å². The molecule has 0 radical (unpaired) electrons. The molecule has 0 aliphatic carbocycles. The maximum atomic E-state index is 13.7. The van der Waals surface area contributed by atoms with Gasteiger partial charge in [0.1, 0.15) is 5.52 Å². The Hall–Kier alpha value is -3.19. The van der Waals surface area contributed by atoms with Gasteiger partial charge in [-0.05, 0) is 57.0 Å². The summed E-state index contributed by atoms with van der Waals surface area (Å²) in [5, 5.41) is 9.06. The van der Waals surface area contributed by atoms with E-state index in [4.69, 9.17) is 16.0 Å². The van der Waals surface area contributed by atoms with Gasteiger partial charge in [0.25, 0.3) is 5.91 Å². The monoisotopic (exact) mass is 435 g/mol. The summed E-state index contributed by atoms with van der Waals surface area (Å²) in [5.74, 6) is 0.648. The molecule has 1 aliphatic heterocycles. The average molecular weight is 436 g/mol. The molecule has 1 saturated heterocycles. The Morgan fingerprint density at radius 1 is 1.13 bits per heavy atom. The number of amides is 1. The fraction of sp³-hybridized carbons (Fsp3) is 0.304. The number of carbonyl (C=O) groups excluding carboxylic acids is 1. The quantitative estimate of drug-likeness (QED) is 0.463. The van der Waals surface area contributed by atoms with E-state index in [9.17, 15) is 4.79 Å². The number of hydrogen-bond donors (Lipinski definition) is 0. The first-order valence-corrected chi connectivity index (χ1v) is 10.7. The second-order valence-electron chi connectivity index (χ2n) is 8.08. The normalized spacial score (nSPS) is 19.1. The Morgan fingerprint density at radius 3 is 2.74 bits per heavy atom. The van der Waals surface area contributed by atoms with E-state index in [0.717, 1.165) is 23.9 Å². The fourth-order valence-electron chi connectivity index (χ4n) is 4.17. The zero-order valence-corrected chi connectivity index (χ0v) is 18.1. The zero-order valence-electron chi connectivity index (χ0n) is 17.3. The molecule has 5 rings (SSSR count). The number of benzene rings is 2. The number of aryl methyl sites for hydroxylation is 1. The minimum atomic E-state index is -0.0349. The predicted molar refractivity (Wildman–Crippen MR) is 118 cm³/mol. The van der Waals surface area contributed by atoms with Gasteiger partial charge in [0.2, 0.25) is 0 Å². The maximum Gasteiger partial charge on any atom is 0.256 e. The summed E-state index contributed by atoms with van der Waals surface area (Å²) in [5.41, 5.74) is 3.72. The lowest BCUT2D eigenvalue weighted by molar-refractivity contribution is 0.0597. The number of piperidine rings is 1. The van der Waals surface area contributed by atoms with E-state index in [1.165, 1.54) is 4.80 Å². The van der Waals surface area contributed by atoms with Crippen LogP contribution in [0.5, 0.6) is 0 Å². The molecule has 2 aromatic heterocycles. The van der Waals surface area contributed by atoms with Crippen LogP contribution < -0.4 is 0 Å². The van der Waals surface area contributed by atoms with Crippen molar-refractivity contribution in [2.75, 3.05) is 6.54 Å². The first-order chi connectivity index (χ1) is 15.0. The Morgan fingerprint density at radius 2 is 1.94 bits per heavy atom. The third-order valence-corrected chi connectivity index (χ3v) is 6.11. The van der Waals surface area contributed by atoms with E-state index in [1.54, 1.807) is 24.5 Å². The molecule has 1 amide bonds. The SMILES string of the molecule is Cc1ccc(-n2nccn2)c(C(=O)N2CC(c3nc4cc(Cl)ccc4o3)CCC2C)c1. The number of nitrogens with zero attached hydrogens (tertiary/aromatic N) is 5. The van der Waals surface area contributed by atoms with E-state index in [2.05, 4.69) is 22.1 Å². The lowest BCUT2D eigenvalue weighted by atomic mass is 9.92. The minimum Gasteiger partial charge on any atom is -0.440 e. The average Bonchev–Trinajstić information content (AvgIpc) is 3.43. The summed E-state index contributed by atoms with van der Waals surface area (Å²) in [6.45, 7) is 4.60. The Balaban J connectivity index is 1.47. The van der Waals surface area contributed by atoms with Crippen LogP contribution in [0.1, 0.15) is 47.5 Å². The molecule has 1 aliphatic rings. The van der Waals surface area contributed by atoms with Gasteiger partial charge < -0.3 is 9.32 Å². The third-order valence-electron chi connectivity index (χ3n) is 5.87. The smallest absolute Gasteiger partial charge is 0.256 e. The van der Waals surface area contributed by atoms with Gasteiger partial charge in [-0.2, -0.15) is 15.0 Å². The molecular formula is C23H22ClN5O2. The fourth-order valence-corrected chi connectivity index (χ4v) is 4.34. The zero-order chi connectivity index (χ0) is 21.5. The minimum absolute atomic E-state index is 0.0300. The number of fused-ring (bicyclic) bond motifs is 1. The molecule has 158 valence electrons. The van der Waals surface area contributed by atoms with Gasteiger partial charge in [0.15, 0.2) is 11.5 Å². The number of hydrogen-bond acceptors (Lipinski definition) is 5. The van der Waals surface area contributed by atoms with Crippen molar-refractivity contribution < 1.29 is 9.21 Å². The molecular weight excluding hydrogens is 414 g/mol. The molecule has 7 nitrogen and oxygen atoms in total. The van der Waals surface area contributed by atoms with E-state index < -0.39 is 0 Å². The topological polar surface area (TPSA) is 77.1 Å². The van der Waals surface area contributed by atoms with Gasteiger partial charge in [0.05, 0.1) is 29.6 Å². The first-order valence-electron chi connectivity index (χ1n) is 10.3. The highest BCUT2D eigenvalue weighted by Gasteiger charge is 2.34. The molecule has 2 aromatic carbocycles. The second kappa shape index (κ2) is 7.81. The van der Waals surface area contributed by atoms with Crippen LogP contribution in [0.15, 0.2) is 53.2 Å². The van der Waals surface area contributed by atoms with E-state index in [0.29, 0.717) is 34.3 Å². The van der Waals surface area contributed by atoms with Gasteiger partial charge in [-0.25, -0.2) is 4.98 Å². The summed E-state index contributed by atoms with van der Waals surface area (Å²) in [6, 6.07) is 11.3.